The lowest BCUT2D eigenvalue weighted by Crippen LogP contribution is -2.05. The van der Waals surface area contributed by atoms with Crippen LogP contribution < -0.4 is 11.1 Å². The molecule has 124 valence electrons. The Morgan fingerprint density at radius 3 is 2.24 bits per heavy atom. The number of fused-ring (bicyclic) bond motifs is 2. The van der Waals surface area contributed by atoms with Crippen LogP contribution >= 0.6 is 0 Å². The van der Waals surface area contributed by atoms with Crippen molar-refractivity contribution in [2.75, 3.05) is 0 Å². The molecule has 0 aliphatic carbocycles. The van der Waals surface area contributed by atoms with Gasteiger partial charge in [0.05, 0.1) is 5.39 Å². The molecule has 6 heteroatoms. The summed E-state index contributed by atoms with van der Waals surface area (Å²) < 4.78 is 9.91. The van der Waals surface area contributed by atoms with Gasteiger partial charge in [0, 0.05) is 17.5 Å². The molecule has 0 radical (unpaired) electrons. The zero-order chi connectivity index (χ0) is 17.8. The molecule has 0 spiro atoms. The first-order valence-electron chi connectivity index (χ1n) is 7.30. The number of para-hydroxylation sites is 2. The van der Waals surface area contributed by atoms with E-state index in [9.17, 15) is 14.4 Å². The summed E-state index contributed by atoms with van der Waals surface area (Å²) in [6, 6.07) is 18.1. The molecule has 0 aliphatic heterocycles. The van der Waals surface area contributed by atoms with Crippen LogP contribution in [-0.2, 0) is 0 Å². The summed E-state index contributed by atoms with van der Waals surface area (Å²) in [5.41, 5.74) is 0.283. The van der Waals surface area contributed by atoms with Gasteiger partial charge in [0.2, 0.25) is 5.76 Å². The summed E-state index contributed by atoms with van der Waals surface area (Å²) >= 11 is 0. The number of aromatic carboxylic acids is 1. The Hall–Kier alpha value is -3.67. The van der Waals surface area contributed by atoms with E-state index in [1.165, 1.54) is 6.07 Å². The molecule has 2 aromatic heterocycles. The predicted octanol–water partition coefficient (Wildman–Crippen LogP) is 3.28. The second kappa shape index (κ2) is 6.84. The second-order valence-electron chi connectivity index (χ2n) is 5.07. The van der Waals surface area contributed by atoms with Crippen molar-refractivity contribution in [2.45, 2.75) is 0 Å². The lowest BCUT2D eigenvalue weighted by molar-refractivity contribution is 0.0663. The molecule has 0 aliphatic rings. The molecule has 0 atom stereocenters. The van der Waals surface area contributed by atoms with Gasteiger partial charge < -0.3 is 13.9 Å². The Labute approximate surface area is 140 Å². The maximum Gasteiger partial charge on any atom is 0.371 e. The van der Waals surface area contributed by atoms with Crippen LogP contribution in [0.1, 0.15) is 10.6 Å². The van der Waals surface area contributed by atoms with E-state index in [2.05, 4.69) is 0 Å². The number of hydrogen-bond acceptors (Lipinski definition) is 5. The summed E-state index contributed by atoms with van der Waals surface area (Å²) in [5.74, 6) is -1.58. The topological polar surface area (TPSA) is 97.7 Å². The van der Waals surface area contributed by atoms with Gasteiger partial charge in [-0.25, -0.2) is 9.59 Å². The van der Waals surface area contributed by atoms with Crippen LogP contribution in [0.2, 0.25) is 0 Å². The van der Waals surface area contributed by atoms with Gasteiger partial charge in [-0.3, -0.25) is 4.79 Å². The van der Waals surface area contributed by atoms with Gasteiger partial charge in [0.15, 0.2) is 5.43 Å². The van der Waals surface area contributed by atoms with Crippen molar-refractivity contribution >= 4 is 27.9 Å². The van der Waals surface area contributed by atoms with Crippen LogP contribution in [0.3, 0.4) is 0 Å². The molecule has 1 N–H and O–H groups in total. The zero-order valence-electron chi connectivity index (χ0n) is 12.8. The Kier molecular flexibility index (Phi) is 4.43. The Morgan fingerprint density at radius 1 is 0.800 bits per heavy atom. The lowest BCUT2D eigenvalue weighted by atomic mass is 10.2. The number of carboxylic acid groups (broad SMARTS) is 1. The molecule has 25 heavy (non-hydrogen) atoms. The van der Waals surface area contributed by atoms with E-state index in [1.807, 2.05) is 18.2 Å². The van der Waals surface area contributed by atoms with E-state index in [0.29, 0.717) is 11.0 Å². The Bertz CT molecular complexity index is 1170. The third kappa shape index (κ3) is 3.64. The van der Waals surface area contributed by atoms with E-state index in [0.717, 1.165) is 11.5 Å². The number of carbonyl (C=O) groups is 1. The van der Waals surface area contributed by atoms with Crippen molar-refractivity contribution < 1.29 is 18.7 Å². The summed E-state index contributed by atoms with van der Waals surface area (Å²) in [4.78, 5) is 32.7. The highest BCUT2D eigenvalue weighted by Crippen LogP contribution is 2.11. The van der Waals surface area contributed by atoms with Gasteiger partial charge in [-0.05, 0) is 24.3 Å². The van der Waals surface area contributed by atoms with Gasteiger partial charge in [-0.1, -0.05) is 30.3 Å². The van der Waals surface area contributed by atoms with E-state index in [-0.39, 0.29) is 22.4 Å². The minimum absolute atomic E-state index is 0.289. The van der Waals surface area contributed by atoms with E-state index < -0.39 is 5.97 Å². The first-order valence-corrected chi connectivity index (χ1v) is 7.30. The number of rotatable bonds is 1. The number of benzene rings is 2. The average Bonchev–Trinajstić information content (AvgIpc) is 2.62. The van der Waals surface area contributed by atoms with Crippen LogP contribution in [0, 0.1) is 0 Å². The fourth-order valence-electron chi connectivity index (χ4n) is 2.22. The molecule has 6 nitrogen and oxygen atoms in total. The number of carboxylic acids is 1. The molecule has 0 saturated carbocycles. The highest BCUT2D eigenvalue weighted by Gasteiger charge is 2.09. The van der Waals surface area contributed by atoms with E-state index in [4.69, 9.17) is 13.9 Å². The Morgan fingerprint density at radius 2 is 1.48 bits per heavy atom. The number of hydrogen-bond donors (Lipinski definition) is 1. The van der Waals surface area contributed by atoms with Crippen LogP contribution in [0.25, 0.3) is 21.9 Å². The fourth-order valence-corrected chi connectivity index (χ4v) is 2.22. The molecular formula is C19H12O6. The van der Waals surface area contributed by atoms with Gasteiger partial charge in [0.25, 0.3) is 0 Å². The fraction of sp³-hybridized carbons (Fsp3) is 0. The standard InChI is InChI=1S/C10H6O4.C9H6O2/c11-7-5-9(10(12)13)14-8-4-2-1-3-6(7)8;10-9-6-5-7-3-1-2-4-8(7)11-9/h1-5H,(H,12,13);1-6H. The Balaban J connectivity index is 0.000000150. The van der Waals surface area contributed by atoms with E-state index >= 15 is 0 Å². The SMILES string of the molecule is O=C(O)c1cc(=O)c2ccccc2o1.O=c1ccc2ccccc2o1. The predicted molar refractivity (Wildman–Crippen MR) is 91.9 cm³/mol. The van der Waals surface area contributed by atoms with Gasteiger partial charge in [-0.2, -0.15) is 0 Å². The molecule has 0 unspecified atom stereocenters. The van der Waals surface area contributed by atoms with Gasteiger partial charge in [-0.15, -0.1) is 0 Å². The largest absolute Gasteiger partial charge is 0.475 e. The highest BCUT2D eigenvalue weighted by atomic mass is 16.4. The van der Waals surface area contributed by atoms with E-state index in [1.54, 1.807) is 36.4 Å². The van der Waals surface area contributed by atoms with Crippen molar-refractivity contribution in [1.29, 1.82) is 0 Å². The summed E-state index contributed by atoms with van der Waals surface area (Å²) in [5, 5.41) is 9.97. The highest BCUT2D eigenvalue weighted by molar-refractivity contribution is 5.87. The minimum atomic E-state index is -1.24. The van der Waals surface area contributed by atoms with Crippen LogP contribution in [0.5, 0.6) is 0 Å². The normalized spacial score (nSPS) is 10.2. The molecule has 0 amide bonds. The maximum absolute atomic E-state index is 11.4. The lowest BCUT2D eigenvalue weighted by Gasteiger charge is -1.97. The third-order valence-corrected chi connectivity index (χ3v) is 3.37. The molecule has 2 aromatic carbocycles. The molecule has 4 rings (SSSR count). The monoisotopic (exact) mass is 336 g/mol. The summed E-state index contributed by atoms with van der Waals surface area (Å²) in [7, 11) is 0. The average molecular weight is 336 g/mol. The van der Waals surface area contributed by atoms with Crippen molar-refractivity contribution in [1.82, 2.24) is 0 Å². The third-order valence-electron chi connectivity index (χ3n) is 3.37. The molecule has 0 bridgehead atoms. The molecule has 2 heterocycles. The maximum atomic E-state index is 11.4. The van der Waals surface area contributed by atoms with Crippen molar-refractivity contribution in [3.05, 3.63) is 93.1 Å². The van der Waals surface area contributed by atoms with Crippen LogP contribution in [0.15, 0.2) is 85.2 Å². The van der Waals surface area contributed by atoms with Crippen molar-refractivity contribution in [2.24, 2.45) is 0 Å². The van der Waals surface area contributed by atoms with Crippen molar-refractivity contribution in [3.63, 3.8) is 0 Å². The zero-order valence-corrected chi connectivity index (χ0v) is 12.8. The first kappa shape index (κ1) is 16.2. The smallest absolute Gasteiger partial charge is 0.371 e. The first-order chi connectivity index (χ1) is 12.0. The minimum Gasteiger partial charge on any atom is -0.475 e. The van der Waals surface area contributed by atoms with Gasteiger partial charge >= 0.3 is 11.6 Å². The summed E-state index contributed by atoms with van der Waals surface area (Å²) in [6.07, 6.45) is 0. The van der Waals surface area contributed by atoms with Gasteiger partial charge in [0.1, 0.15) is 11.2 Å². The van der Waals surface area contributed by atoms with Crippen LogP contribution in [-0.4, -0.2) is 11.1 Å². The van der Waals surface area contributed by atoms with Crippen molar-refractivity contribution in [3.8, 4) is 0 Å². The summed E-state index contributed by atoms with van der Waals surface area (Å²) in [6.45, 7) is 0. The molecule has 0 fully saturated rings. The molecule has 0 saturated heterocycles. The molecule has 4 aromatic rings. The molecular weight excluding hydrogens is 324 g/mol. The van der Waals surface area contributed by atoms with Crippen LogP contribution in [0.4, 0.5) is 0 Å². The quantitative estimate of drug-likeness (QED) is 0.536. The second-order valence-corrected chi connectivity index (χ2v) is 5.07.